The van der Waals surface area contributed by atoms with Gasteiger partial charge < -0.3 is 18.6 Å². The van der Waals surface area contributed by atoms with Gasteiger partial charge in [0.15, 0.2) is 12.4 Å². The molecule has 0 amide bonds. The second-order valence-corrected chi connectivity index (χ2v) is 19.4. The molecule has 0 aliphatic carbocycles. The van der Waals surface area contributed by atoms with Crippen molar-refractivity contribution in [3.05, 3.63) is 96.6 Å². The number of halogens is 4. The third-order valence-electron chi connectivity index (χ3n) is 7.49. The number of aliphatic imine (C=N–C) groups is 1. The number of hydrogen-bond donors (Lipinski definition) is 0. The zero-order chi connectivity index (χ0) is 29.3. The van der Waals surface area contributed by atoms with Gasteiger partial charge >= 0.3 is 0 Å². The molecular formula is C31H33Cl3INO4Si. The summed E-state index contributed by atoms with van der Waals surface area (Å²) in [6, 6.07) is 30.6. The van der Waals surface area contributed by atoms with Crippen LogP contribution in [0.5, 0.6) is 0 Å². The molecule has 5 atom stereocenters. The van der Waals surface area contributed by atoms with E-state index in [0.29, 0.717) is 6.61 Å². The molecule has 3 aromatic rings. The van der Waals surface area contributed by atoms with Crippen molar-refractivity contribution >= 4 is 82.0 Å². The van der Waals surface area contributed by atoms with Crippen molar-refractivity contribution in [2.75, 3.05) is 13.2 Å². The number of benzene rings is 3. The maximum absolute atomic E-state index is 7.23. The van der Waals surface area contributed by atoms with Gasteiger partial charge in [0.2, 0.25) is 5.90 Å². The van der Waals surface area contributed by atoms with E-state index in [1.165, 1.54) is 10.4 Å². The maximum Gasteiger partial charge on any atom is 0.266 e. The van der Waals surface area contributed by atoms with Crippen molar-refractivity contribution in [2.24, 2.45) is 4.99 Å². The molecule has 2 aliphatic rings. The first kappa shape index (κ1) is 31.3. The zero-order valence-electron chi connectivity index (χ0n) is 23.1. The number of alkyl halides is 4. The van der Waals surface area contributed by atoms with Crippen LogP contribution in [0.15, 0.2) is 96.0 Å². The Kier molecular flexibility index (Phi) is 9.77. The van der Waals surface area contributed by atoms with E-state index in [0.717, 1.165) is 5.56 Å². The summed E-state index contributed by atoms with van der Waals surface area (Å²) in [5.74, 6) is 0.0474. The van der Waals surface area contributed by atoms with Crippen LogP contribution in [0.25, 0.3) is 0 Å². The third-order valence-corrected chi connectivity index (χ3v) is 14.1. The lowest BCUT2D eigenvalue weighted by atomic mass is 10.0. The molecule has 5 nitrogen and oxygen atoms in total. The lowest BCUT2D eigenvalue weighted by Crippen LogP contribution is -2.67. The fraction of sp³-hybridized carbons (Fsp3) is 0.387. The van der Waals surface area contributed by atoms with Crippen LogP contribution in [-0.4, -0.2) is 53.4 Å². The predicted molar refractivity (Wildman–Crippen MR) is 178 cm³/mol. The lowest BCUT2D eigenvalue weighted by Gasteiger charge is -2.46. The normalized spacial score (nSPS) is 24.1. The maximum atomic E-state index is 7.23. The SMILES string of the molecule is CC(C)(C)[Si](OC[C@@H](I)[C@@H]1N=C(C(Cl)(Cl)Cl)O[C@@H]2CO[C@@H](c3ccccc3)O[C@@H]12)(c1ccccc1)c1ccccc1. The Hall–Kier alpha value is -1.17. The van der Waals surface area contributed by atoms with Crippen LogP contribution in [0.2, 0.25) is 5.04 Å². The number of hydrogen-bond acceptors (Lipinski definition) is 5. The van der Waals surface area contributed by atoms with Crippen LogP contribution in [0.1, 0.15) is 32.6 Å². The van der Waals surface area contributed by atoms with Gasteiger partial charge in [0.1, 0.15) is 6.10 Å². The first-order chi connectivity index (χ1) is 19.5. The Balaban J connectivity index is 1.49. The molecule has 2 aliphatic heterocycles. The highest BCUT2D eigenvalue weighted by atomic mass is 127. The fourth-order valence-electron chi connectivity index (χ4n) is 5.61. The molecule has 2 heterocycles. The minimum Gasteiger partial charge on any atom is -0.469 e. The smallest absolute Gasteiger partial charge is 0.266 e. The van der Waals surface area contributed by atoms with Gasteiger partial charge in [-0.3, -0.25) is 0 Å². The monoisotopic (exact) mass is 743 g/mol. The van der Waals surface area contributed by atoms with Gasteiger partial charge in [-0.15, -0.1) is 0 Å². The van der Waals surface area contributed by atoms with Crippen LogP contribution in [0.3, 0.4) is 0 Å². The van der Waals surface area contributed by atoms with Crippen molar-refractivity contribution in [1.82, 2.24) is 0 Å². The van der Waals surface area contributed by atoms with Crippen molar-refractivity contribution in [1.29, 1.82) is 0 Å². The first-order valence-corrected chi connectivity index (χ1v) is 17.8. The largest absolute Gasteiger partial charge is 0.469 e. The van der Waals surface area contributed by atoms with E-state index >= 15 is 0 Å². The molecule has 218 valence electrons. The zero-order valence-corrected chi connectivity index (χ0v) is 28.5. The molecule has 41 heavy (non-hydrogen) atoms. The summed E-state index contributed by atoms with van der Waals surface area (Å²) < 4.78 is 23.9. The Morgan fingerprint density at radius 1 is 0.902 bits per heavy atom. The molecule has 1 fully saturated rings. The number of nitrogens with zero attached hydrogens (tertiary/aromatic N) is 1. The van der Waals surface area contributed by atoms with Crippen molar-refractivity contribution in [3.8, 4) is 0 Å². The van der Waals surface area contributed by atoms with Crippen LogP contribution in [0, 0.1) is 0 Å². The molecule has 1 saturated heterocycles. The minimum atomic E-state index is -2.77. The van der Waals surface area contributed by atoms with E-state index in [-0.39, 0.29) is 21.5 Å². The second kappa shape index (κ2) is 12.8. The molecule has 0 saturated carbocycles. The lowest BCUT2D eigenvalue weighted by molar-refractivity contribution is -0.261. The summed E-state index contributed by atoms with van der Waals surface area (Å²) in [5, 5.41) is 2.26. The molecule has 0 spiro atoms. The van der Waals surface area contributed by atoms with E-state index < -0.39 is 36.6 Å². The molecule has 0 N–H and O–H groups in total. The standard InChI is InChI=1S/C31H33Cl3INO4Si/c1-30(2,3)41(22-15-9-5-10-16-22,23-17-11-6-12-18-23)38-19-24(35)26-27-25(39-29(36-26)31(32,33)34)20-37-28(40-27)21-13-7-4-8-14-21/h4-18,24-28H,19-20H2,1-3H3/t24-,25-,26+,27-,28-/m1/s1. The van der Waals surface area contributed by atoms with Gasteiger partial charge in [0, 0.05) is 12.2 Å². The Morgan fingerprint density at radius 3 is 1.95 bits per heavy atom. The average Bonchev–Trinajstić information content (AvgIpc) is 2.97. The van der Waals surface area contributed by atoms with Gasteiger partial charge in [-0.2, -0.15) is 0 Å². The highest BCUT2D eigenvalue weighted by molar-refractivity contribution is 14.1. The summed E-state index contributed by atoms with van der Waals surface area (Å²) >= 11 is 21.2. The van der Waals surface area contributed by atoms with E-state index in [1.54, 1.807) is 0 Å². The van der Waals surface area contributed by atoms with Crippen LogP contribution in [0.4, 0.5) is 0 Å². The van der Waals surface area contributed by atoms with Crippen molar-refractivity contribution in [2.45, 2.75) is 58.1 Å². The quantitative estimate of drug-likeness (QED) is 0.148. The van der Waals surface area contributed by atoms with Crippen LogP contribution in [-0.2, 0) is 18.6 Å². The van der Waals surface area contributed by atoms with Crippen molar-refractivity contribution in [3.63, 3.8) is 0 Å². The second-order valence-electron chi connectivity index (χ2n) is 11.2. The molecule has 5 rings (SSSR count). The van der Waals surface area contributed by atoms with E-state index in [9.17, 15) is 0 Å². The van der Waals surface area contributed by atoms with Gasteiger partial charge in [0.25, 0.3) is 12.1 Å². The van der Waals surface area contributed by atoms with Gasteiger partial charge in [-0.05, 0) is 15.4 Å². The third kappa shape index (κ3) is 6.67. The summed E-state index contributed by atoms with van der Waals surface area (Å²) in [4.78, 5) is 4.82. The number of rotatable bonds is 7. The first-order valence-electron chi connectivity index (χ1n) is 13.5. The van der Waals surface area contributed by atoms with Crippen LogP contribution < -0.4 is 10.4 Å². The van der Waals surface area contributed by atoms with Gasteiger partial charge in [-0.25, -0.2) is 4.99 Å². The molecular weight excluding hydrogens is 712 g/mol. The van der Waals surface area contributed by atoms with E-state index in [4.69, 9.17) is 58.4 Å². The van der Waals surface area contributed by atoms with Gasteiger partial charge in [0.05, 0.1) is 16.6 Å². The summed E-state index contributed by atoms with van der Waals surface area (Å²) in [5.41, 5.74) is 0.925. The topological polar surface area (TPSA) is 49.3 Å². The summed E-state index contributed by atoms with van der Waals surface area (Å²) in [7, 11) is -2.77. The Morgan fingerprint density at radius 2 is 1.44 bits per heavy atom. The Labute approximate surface area is 271 Å². The van der Waals surface area contributed by atoms with E-state index in [1.807, 2.05) is 42.5 Å². The Bertz CT molecular complexity index is 1280. The fourth-order valence-corrected chi connectivity index (χ4v) is 11.6. The average molecular weight is 745 g/mol. The highest BCUT2D eigenvalue weighted by Crippen LogP contribution is 2.41. The molecule has 0 bridgehead atoms. The van der Waals surface area contributed by atoms with E-state index in [2.05, 4.69) is 91.9 Å². The van der Waals surface area contributed by atoms with Gasteiger partial charge in [-0.1, -0.05) is 169 Å². The molecule has 0 unspecified atom stereocenters. The van der Waals surface area contributed by atoms with Crippen molar-refractivity contribution < 1.29 is 18.6 Å². The highest BCUT2D eigenvalue weighted by Gasteiger charge is 2.52. The molecule has 0 radical (unpaired) electrons. The summed E-state index contributed by atoms with van der Waals surface area (Å²) in [6.45, 7) is 7.48. The predicted octanol–water partition coefficient (Wildman–Crippen LogP) is 7.02. The molecule has 0 aromatic heterocycles. The minimum absolute atomic E-state index is 0.0474. The number of ether oxygens (including phenoxy) is 3. The van der Waals surface area contributed by atoms with Crippen LogP contribution >= 0.6 is 57.4 Å². The summed E-state index contributed by atoms with van der Waals surface area (Å²) in [6.07, 6.45) is -1.45. The molecule has 10 heteroatoms. The number of fused-ring (bicyclic) bond motifs is 1. The molecule has 3 aromatic carbocycles.